The van der Waals surface area contributed by atoms with E-state index in [2.05, 4.69) is 15.8 Å². The Balaban J connectivity index is 1.92. The summed E-state index contributed by atoms with van der Waals surface area (Å²) in [6, 6.07) is 5.82. The van der Waals surface area contributed by atoms with E-state index in [0.29, 0.717) is 18.7 Å². The number of benzene rings is 1. The Morgan fingerprint density at radius 3 is 2.74 bits per heavy atom. The van der Waals surface area contributed by atoms with Crippen LogP contribution in [0.1, 0.15) is 16.1 Å². The van der Waals surface area contributed by atoms with Gasteiger partial charge in [0.05, 0.1) is 17.1 Å². The molecule has 118 valence electrons. The number of H-pyrrole nitrogens is 1. The van der Waals surface area contributed by atoms with E-state index < -0.39 is 5.91 Å². The number of aromatic nitrogens is 1. The number of hydrogen-bond acceptors (Lipinski definition) is 3. The van der Waals surface area contributed by atoms with Crippen molar-refractivity contribution in [1.82, 2.24) is 9.88 Å². The summed E-state index contributed by atoms with van der Waals surface area (Å²) in [7, 11) is 1.98. The molecule has 0 aliphatic carbocycles. The average Bonchev–Trinajstić information content (AvgIpc) is 2.84. The highest BCUT2D eigenvalue weighted by Gasteiger charge is 2.33. The van der Waals surface area contributed by atoms with Crippen molar-refractivity contribution in [2.24, 2.45) is 5.73 Å². The number of carbonyl (C=O) groups excluding carboxylic acids is 2. The third-order valence-corrected chi connectivity index (χ3v) is 4.37. The fourth-order valence-electron chi connectivity index (χ4n) is 3.01. The summed E-state index contributed by atoms with van der Waals surface area (Å²) < 4.78 is 0. The Kier molecular flexibility index (Phi) is 3.49. The highest BCUT2D eigenvalue weighted by molar-refractivity contribution is 6.08. The first kappa shape index (κ1) is 15.0. The lowest BCUT2D eigenvalue weighted by atomic mass is 10.0. The Morgan fingerprint density at radius 2 is 2.13 bits per heavy atom. The molecule has 2 amide bonds. The molecule has 0 spiro atoms. The molecule has 1 saturated heterocycles. The molecular weight excluding hydrogens is 292 g/mol. The predicted molar refractivity (Wildman–Crippen MR) is 89.2 cm³/mol. The number of nitrogens with zero attached hydrogens (tertiary/aromatic N) is 2. The second kappa shape index (κ2) is 5.36. The van der Waals surface area contributed by atoms with Crippen LogP contribution in [0.15, 0.2) is 18.2 Å². The molecule has 3 rings (SSSR count). The zero-order valence-electron chi connectivity index (χ0n) is 13.1. The first-order valence-corrected chi connectivity index (χ1v) is 7.33. The van der Waals surface area contributed by atoms with Gasteiger partial charge in [0, 0.05) is 36.9 Å². The summed E-state index contributed by atoms with van der Waals surface area (Å²) >= 11 is 0. The number of likely N-dealkylation sites (tertiary alicyclic amines) is 1. The fraction of sp³-hybridized carbons (Fsp3) is 0.294. The molecule has 2 aromatic rings. The maximum atomic E-state index is 11.6. The van der Waals surface area contributed by atoms with Crippen LogP contribution in [0.3, 0.4) is 0 Å². The minimum absolute atomic E-state index is 0.199. The van der Waals surface area contributed by atoms with Crippen LogP contribution in [0.5, 0.6) is 0 Å². The van der Waals surface area contributed by atoms with Crippen molar-refractivity contribution < 1.29 is 9.59 Å². The van der Waals surface area contributed by atoms with Gasteiger partial charge in [-0.25, -0.2) is 0 Å². The Labute approximate surface area is 134 Å². The zero-order chi connectivity index (χ0) is 16.7. The molecule has 0 saturated carbocycles. The predicted octanol–water partition coefficient (Wildman–Crippen LogP) is 0.855. The summed E-state index contributed by atoms with van der Waals surface area (Å²) in [5.41, 5.74) is 8.62. The number of aryl methyl sites for hydroxylation is 1. The van der Waals surface area contributed by atoms with E-state index in [1.807, 2.05) is 26.1 Å². The second-order valence-electron chi connectivity index (χ2n) is 5.86. The largest absolute Gasteiger partial charge is 0.367 e. The molecule has 0 radical (unpaired) electrons. The third kappa shape index (κ3) is 2.40. The summed E-state index contributed by atoms with van der Waals surface area (Å²) in [6.07, 6.45) is 5.13. The summed E-state index contributed by atoms with van der Waals surface area (Å²) in [6.45, 7) is 3.13. The summed E-state index contributed by atoms with van der Waals surface area (Å²) in [5.74, 6) is 1.40. The van der Waals surface area contributed by atoms with Crippen molar-refractivity contribution in [3.8, 4) is 12.3 Å². The molecule has 1 aromatic carbocycles. The van der Waals surface area contributed by atoms with Gasteiger partial charge < -0.3 is 20.5 Å². The van der Waals surface area contributed by atoms with Crippen LogP contribution in [-0.4, -0.2) is 47.9 Å². The Hall–Kier alpha value is -2.94. The maximum absolute atomic E-state index is 11.6. The van der Waals surface area contributed by atoms with E-state index in [9.17, 15) is 9.59 Å². The quantitative estimate of drug-likeness (QED) is 0.825. The van der Waals surface area contributed by atoms with Gasteiger partial charge in [-0.15, -0.1) is 6.42 Å². The van der Waals surface area contributed by atoms with E-state index >= 15 is 0 Å². The molecule has 0 atom stereocenters. The van der Waals surface area contributed by atoms with E-state index in [0.717, 1.165) is 22.3 Å². The topological polar surface area (TPSA) is 82.4 Å². The van der Waals surface area contributed by atoms with E-state index in [1.54, 1.807) is 11.0 Å². The molecule has 1 aromatic heterocycles. The van der Waals surface area contributed by atoms with E-state index in [1.165, 1.54) is 0 Å². The number of nitrogens with two attached hydrogens (primary N) is 1. The van der Waals surface area contributed by atoms with Crippen LogP contribution < -0.4 is 10.6 Å². The number of fused-ring (bicyclic) bond motifs is 1. The van der Waals surface area contributed by atoms with Crippen molar-refractivity contribution in [1.29, 1.82) is 0 Å². The highest BCUT2D eigenvalue weighted by atomic mass is 16.2. The van der Waals surface area contributed by atoms with Crippen molar-refractivity contribution in [3.63, 3.8) is 0 Å². The number of hydrogen-bond donors (Lipinski definition) is 2. The molecule has 23 heavy (non-hydrogen) atoms. The van der Waals surface area contributed by atoms with Gasteiger partial charge in [0.15, 0.2) is 0 Å². The van der Waals surface area contributed by atoms with Crippen LogP contribution in [0.25, 0.3) is 10.9 Å². The number of primary amides is 1. The lowest BCUT2D eigenvalue weighted by Gasteiger charge is -2.44. The lowest BCUT2D eigenvalue weighted by Crippen LogP contribution is -2.60. The van der Waals surface area contributed by atoms with Gasteiger partial charge in [-0.05, 0) is 31.0 Å². The number of aromatic amines is 1. The molecule has 6 nitrogen and oxygen atoms in total. The Morgan fingerprint density at radius 1 is 1.43 bits per heavy atom. The van der Waals surface area contributed by atoms with Crippen LogP contribution in [-0.2, 0) is 4.79 Å². The number of anilines is 1. The normalized spacial score (nSPS) is 14.4. The minimum Gasteiger partial charge on any atom is -0.367 e. The van der Waals surface area contributed by atoms with Crippen molar-refractivity contribution >= 4 is 28.4 Å². The molecule has 0 unspecified atom stereocenters. The number of carbonyl (C=O) groups is 2. The Bertz CT molecular complexity index is 840. The molecule has 1 aliphatic rings. The van der Waals surface area contributed by atoms with Gasteiger partial charge in [-0.3, -0.25) is 9.59 Å². The van der Waals surface area contributed by atoms with Gasteiger partial charge in [0.1, 0.15) is 0 Å². The molecule has 3 N–H and O–H groups in total. The first-order chi connectivity index (χ1) is 10.9. The van der Waals surface area contributed by atoms with Crippen molar-refractivity contribution in [2.45, 2.75) is 13.0 Å². The number of likely N-dealkylation sites (N-methyl/N-ethyl adjacent to an activating group) is 1. The monoisotopic (exact) mass is 310 g/mol. The SMILES string of the molecule is C#CC(=O)N1CC(N(C)c2ccc(C(N)=O)c3[nH]c(C)cc23)C1. The van der Waals surface area contributed by atoms with Crippen LogP contribution in [0.2, 0.25) is 0 Å². The van der Waals surface area contributed by atoms with Crippen molar-refractivity contribution in [3.05, 3.63) is 29.5 Å². The van der Waals surface area contributed by atoms with Crippen LogP contribution in [0.4, 0.5) is 5.69 Å². The highest BCUT2D eigenvalue weighted by Crippen LogP contribution is 2.32. The fourth-order valence-corrected chi connectivity index (χ4v) is 3.01. The van der Waals surface area contributed by atoms with Gasteiger partial charge in [-0.1, -0.05) is 0 Å². The second-order valence-corrected chi connectivity index (χ2v) is 5.86. The molecule has 6 heteroatoms. The molecule has 2 heterocycles. The van der Waals surface area contributed by atoms with Gasteiger partial charge in [0.25, 0.3) is 11.8 Å². The molecule has 0 bridgehead atoms. The number of terminal acetylenes is 1. The number of nitrogens with one attached hydrogen (secondary N) is 1. The number of amides is 2. The lowest BCUT2D eigenvalue weighted by molar-refractivity contribution is -0.129. The van der Waals surface area contributed by atoms with E-state index in [-0.39, 0.29) is 11.9 Å². The maximum Gasteiger partial charge on any atom is 0.298 e. The first-order valence-electron chi connectivity index (χ1n) is 7.33. The minimum atomic E-state index is -0.458. The van der Waals surface area contributed by atoms with Crippen LogP contribution in [0, 0.1) is 19.3 Å². The summed E-state index contributed by atoms with van der Waals surface area (Å²) in [4.78, 5) is 30.0. The van der Waals surface area contributed by atoms with Crippen LogP contribution >= 0.6 is 0 Å². The zero-order valence-corrected chi connectivity index (χ0v) is 13.1. The van der Waals surface area contributed by atoms with E-state index in [4.69, 9.17) is 12.2 Å². The van der Waals surface area contributed by atoms with Gasteiger partial charge >= 0.3 is 0 Å². The standard InChI is InChI=1S/C17H18N4O2/c1-4-15(22)21-8-11(9-21)20(3)14-6-5-12(17(18)23)16-13(14)7-10(2)19-16/h1,5-7,11,19H,8-9H2,2-3H3,(H2,18,23). The smallest absolute Gasteiger partial charge is 0.298 e. The summed E-state index contributed by atoms with van der Waals surface area (Å²) in [5, 5.41) is 0.947. The molecule has 1 fully saturated rings. The third-order valence-electron chi connectivity index (χ3n) is 4.37. The molecular formula is C17H18N4O2. The number of rotatable bonds is 3. The molecule has 1 aliphatic heterocycles. The average molecular weight is 310 g/mol. The van der Waals surface area contributed by atoms with Gasteiger partial charge in [-0.2, -0.15) is 0 Å². The van der Waals surface area contributed by atoms with Gasteiger partial charge in [0.2, 0.25) is 0 Å². The van der Waals surface area contributed by atoms with Crippen molar-refractivity contribution in [2.75, 3.05) is 25.0 Å².